The highest BCUT2D eigenvalue weighted by molar-refractivity contribution is 7.86. The zero-order chi connectivity index (χ0) is 32.6. The third-order valence-corrected chi connectivity index (χ3v) is 11.1. The maximum Gasteiger partial charge on any atom is 0.281 e. The number of nitrogens with zero attached hydrogens (tertiary/aromatic N) is 6. The fourth-order valence-electron chi connectivity index (χ4n) is 6.71. The quantitative estimate of drug-likeness (QED) is 0.185. The number of piperazine rings is 1. The molecule has 2 aliphatic heterocycles. The van der Waals surface area contributed by atoms with Crippen molar-refractivity contribution in [3.05, 3.63) is 71.3 Å². The van der Waals surface area contributed by atoms with Crippen molar-refractivity contribution >= 4 is 43.8 Å². The summed E-state index contributed by atoms with van der Waals surface area (Å²) in [6.45, 7) is 4.77. The number of hydrazine groups is 1. The molecule has 4 N–H and O–H groups in total. The average Bonchev–Trinajstić information content (AvgIpc) is 3.39. The third-order valence-electron chi connectivity index (χ3n) is 9.17. The average molecular weight is 652 g/mol. The van der Waals surface area contributed by atoms with Crippen LogP contribution in [0.25, 0.3) is 27.8 Å². The van der Waals surface area contributed by atoms with Crippen LogP contribution in [0, 0.1) is 11.7 Å². The normalized spacial score (nSPS) is 18.3. The molecule has 14 heteroatoms. The summed E-state index contributed by atoms with van der Waals surface area (Å²) >= 11 is 0. The van der Waals surface area contributed by atoms with E-state index in [-0.39, 0.29) is 17.8 Å². The molecular formula is C32H42FN9O3S. The fourth-order valence-corrected chi connectivity index (χ4v) is 7.80. The number of nitrogens with one attached hydrogen (secondary N) is 2. The molecule has 1 aromatic carbocycles. The van der Waals surface area contributed by atoms with Gasteiger partial charge in [0.1, 0.15) is 17.3 Å². The fraction of sp³-hybridized carbons (Fsp3) is 0.438. The number of rotatable bonds is 9. The number of halogens is 1. The van der Waals surface area contributed by atoms with Crippen LogP contribution in [0.15, 0.2) is 54.4 Å². The summed E-state index contributed by atoms with van der Waals surface area (Å²) in [5.74, 6) is 6.33. The maximum absolute atomic E-state index is 15.8. The van der Waals surface area contributed by atoms with Gasteiger partial charge in [0.05, 0.1) is 22.8 Å². The lowest BCUT2D eigenvalue weighted by Gasteiger charge is -2.36. The number of ether oxygens (including phenoxy) is 1. The molecule has 3 aromatic heterocycles. The number of nitrogens with two attached hydrogens (primary N) is 1. The minimum absolute atomic E-state index is 0.0881. The molecule has 0 saturated carbocycles. The highest BCUT2D eigenvalue weighted by Gasteiger charge is 2.33. The minimum Gasteiger partial charge on any atom is -0.386 e. The molecule has 2 aliphatic rings. The van der Waals surface area contributed by atoms with Crippen molar-refractivity contribution in [2.75, 3.05) is 65.4 Å². The zero-order valence-electron chi connectivity index (χ0n) is 26.7. The summed E-state index contributed by atoms with van der Waals surface area (Å²) in [6.07, 6.45) is 3.35. The van der Waals surface area contributed by atoms with Crippen LogP contribution < -0.4 is 21.5 Å². The Kier molecular flexibility index (Phi) is 9.17. The highest BCUT2D eigenvalue weighted by Crippen LogP contribution is 2.41. The number of aromatic nitrogens is 3. The van der Waals surface area contributed by atoms with Gasteiger partial charge in [-0.2, -0.15) is 17.0 Å². The molecule has 0 aliphatic carbocycles. The van der Waals surface area contributed by atoms with Crippen LogP contribution in [0.5, 0.6) is 0 Å². The number of hydrogen-bond donors (Lipinski definition) is 3. The number of hydrogen-bond acceptors (Lipinski definition) is 9. The second-order valence-corrected chi connectivity index (χ2v) is 14.1. The zero-order valence-corrected chi connectivity index (χ0v) is 27.5. The van der Waals surface area contributed by atoms with E-state index in [1.165, 1.54) is 14.7 Å². The largest absolute Gasteiger partial charge is 0.386 e. The number of allylic oxidation sites excluding steroid dienone is 1. The number of benzene rings is 1. The number of pyridine rings is 2. The van der Waals surface area contributed by atoms with Gasteiger partial charge in [-0.25, -0.2) is 9.37 Å². The summed E-state index contributed by atoms with van der Waals surface area (Å²) < 4.78 is 51.9. The summed E-state index contributed by atoms with van der Waals surface area (Å²) in [5.41, 5.74) is 7.99. The van der Waals surface area contributed by atoms with Gasteiger partial charge in [-0.1, -0.05) is 18.2 Å². The molecule has 12 nitrogen and oxygen atoms in total. The Hall–Kier alpha value is -3.82. The van der Waals surface area contributed by atoms with Crippen LogP contribution in [0.4, 0.5) is 10.2 Å². The van der Waals surface area contributed by atoms with Gasteiger partial charge in [0.15, 0.2) is 0 Å². The molecule has 0 bridgehead atoms. The first-order valence-electron chi connectivity index (χ1n) is 15.6. The predicted octanol–water partition coefficient (Wildman–Crippen LogP) is 3.04. The monoisotopic (exact) mass is 651 g/mol. The van der Waals surface area contributed by atoms with Crippen molar-refractivity contribution < 1.29 is 17.5 Å². The lowest BCUT2D eigenvalue weighted by atomic mass is 9.86. The van der Waals surface area contributed by atoms with E-state index in [0.29, 0.717) is 50.6 Å². The Bertz CT molecular complexity index is 1860. The molecular weight excluding hydrogens is 609 g/mol. The van der Waals surface area contributed by atoms with Crippen LogP contribution in [0.2, 0.25) is 0 Å². The van der Waals surface area contributed by atoms with E-state index in [4.69, 9.17) is 20.5 Å². The lowest BCUT2D eigenvalue weighted by molar-refractivity contribution is 0.0548. The van der Waals surface area contributed by atoms with E-state index in [9.17, 15) is 8.42 Å². The molecule has 0 spiro atoms. The SMILES string of the molecule is CN/C(=C(/C)NN)c1cnc2c3ccc(N4CCN(S(=O)(=O)N(C)C)CC4)nc3n([C@H](c3ccccc3F)C3CCOCC3)c2c1. The van der Waals surface area contributed by atoms with Crippen molar-refractivity contribution in [1.29, 1.82) is 0 Å². The van der Waals surface area contributed by atoms with Crippen LogP contribution in [0.1, 0.15) is 36.9 Å². The molecule has 2 saturated heterocycles. The van der Waals surface area contributed by atoms with Gasteiger partial charge >= 0.3 is 0 Å². The molecule has 1 atom stereocenters. The number of fused-ring (bicyclic) bond motifs is 3. The van der Waals surface area contributed by atoms with E-state index in [1.54, 1.807) is 20.2 Å². The maximum atomic E-state index is 15.8. The molecule has 0 amide bonds. The summed E-state index contributed by atoms with van der Waals surface area (Å²) in [6, 6.07) is 12.6. The van der Waals surface area contributed by atoms with Crippen molar-refractivity contribution in [1.82, 2.24) is 33.9 Å². The van der Waals surface area contributed by atoms with E-state index >= 15 is 4.39 Å². The molecule has 4 aromatic rings. The first-order valence-corrected chi connectivity index (χ1v) is 17.0. The first-order chi connectivity index (χ1) is 22.1. The highest BCUT2D eigenvalue weighted by atomic mass is 32.2. The molecule has 2 fully saturated rings. The topological polar surface area (TPSA) is 134 Å². The van der Waals surface area contributed by atoms with E-state index in [2.05, 4.69) is 26.3 Å². The molecule has 0 radical (unpaired) electrons. The summed E-state index contributed by atoms with van der Waals surface area (Å²) in [4.78, 5) is 12.3. The lowest BCUT2D eigenvalue weighted by Crippen LogP contribution is -2.51. The Morgan fingerprint density at radius 1 is 1.11 bits per heavy atom. The molecule has 5 heterocycles. The second-order valence-electron chi connectivity index (χ2n) is 12.0. The molecule has 6 rings (SSSR count). The molecule has 46 heavy (non-hydrogen) atoms. The Labute approximate surface area is 269 Å². The van der Waals surface area contributed by atoms with E-state index in [0.717, 1.165) is 52.0 Å². The van der Waals surface area contributed by atoms with E-state index in [1.807, 2.05) is 44.4 Å². The van der Waals surface area contributed by atoms with Gasteiger partial charge in [-0.3, -0.25) is 10.8 Å². The van der Waals surface area contributed by atoms with E-state index < -0.39 is 10.2 Å². The third kappa shape index (κ3) is 5.79. The smallest absolute Gasteiger partial charge is 0.281 e. The van der Waals surface area contributed by atoms with Gasteiger partial charge in [0, 0.05) is 88.9 Å². The van der Waals surface area contributed by atoms with Crippen LogP contribution in [0.3, 0.4) is 0 Å². The van der Waals surface area contributed by atoms with Crippen LogP contribution in [-0.2, 0) is 14.9 Å². The molecule has 246 valence electrons. The second kappa shape index (κ2) is 13.1. The van der Waals surface area contributed by atoms with Gasteiger partial charge in [-0.15, -0.1) is 0 Å². The van der Waals surface area contributed by atoms with Crippen LogP contribution in [-0.4, -0.2) is 92.1 Å². The first kappa shape index (κ1) is 32.1. The van der Waals surface area contributed by atoms with Crippen molar-refractivity contribution in [2.24, 2.45) is 11.8 Å². The minimum atomic E-state index is -3.50. The summed E-state index contributed by atoms with van der Waals surface area (Å²) in [7, 11) is 1.42. The van der Waals surface area contributed by atoms with Gasteiger partial charge in [-0.05, 0) is 49.9 Å². The van der Waals surface area contributed by atoms with Crippen molar-refractivity contribution in [3.8, 4) is 0 Å². The van der Waals surface area contributed by atoms with Gasteiger partial charge in [0.2, 0.25) is 0 Å². The molecule has 0 unspecified atom stereocenters. The Morgan fingerprint density at radius 2 is 1.83 bits per heavy atom. The van der Waals surface area contributed by atoms with Gasteiger partial charge < -0.3 is 24.9 Å². The van der Waals surface area contributed by atoms with Crippen molar-refractivity contribution in [2.45, 2.75) is 25.8 Å². The predicted molar refractivity (Wildman–Crippen MR) is 178 cm³/mol. The summed E-state index contributed by atoms with van der Waals surface area (Å²) in [5, 5.41) is 4.09. The Morgan fingerprint density at radius 3 is 2.48 bits per heavy atom. The van der Waals surface area contributed by atoms with Crippen LogP contribution >= 0.6 is 0 Å². The van der Waals surface area contributed by atoms with Gasteiger partial charge in [0.25, 0.3) is 10.2 Å². The van der Waals surface area contributed by atoms with Crippen molar-refractivity contribution in [3.63, 3.8) is 0 Å². The standard InChI is InChI=1S/C32H42FN9O3S/c1-21(38-34)29(35-2)23-19-27-30(36-20-23)25-9-10-28(40-13-15-41(16-14-40)46(43,44)39(3)4)37-32(25)42(27)31(22-11-17-45-18-12-22)24-7-5-6-8-26(24)33/h5-10,19-20,22,31,35,38H,11-18,34H2,1-4H3/b29-21-/t31-/m0/s1. The Balaban J connectivity index is 1.55. The number of anilines is 1.